The Morgan fingerprint density at radius 2 is 1.88 bits per heavy atom. The number of benzene rings is 1. The summed E-state index contributed by atoms with van der Waals surface area (Å²) in [6.45, 7) is 4.45. The van der Waals surface area contributed by atoms with Gasteiger partial charge in [0.2, 0.25) is 0 Å². The molecule has 1 unspecified atom stereocenters. The Morgan fingerprint density at radius 1 is 1.12 bits per heavy atom. The minimum absolute atomic E-state index is 0.360. The van der Waals surface area contributed by atoms with Crippen LogP contribution in [0.1, 0.15) is 25.5 Å². The predicted molar refractivity (Wildman–Crippen MR) is 68.4 cm³/mol. The van der Waals surface area contributed by atoms with E-state index < -0.39 is 0 Å². The number of nitrogens with one attached hydrogen (secondary N) is 1. The minimum Gasteiger partial charge on any atom is -0.313 e. The molecule has 2 heteroatoms. The SMILES string of the molecule is CNC(c1cncc2ccccc12)C(C)C. The second-order valence-electron chi connectivity index (χ2n) is 4.46. The lowest BCUT2D eigenvalue weighted by atomic mass is 9.94. The van der Waals surface area contributed by atoms with Crippen LogP contribution in [0.3, 0.4) is 0 Å². The molecule has 1 aromatic carbocycles. The van der Waals surface area contributed by atoms with Crippen molar-refractivity contribution in [1.82, 2.24) is 10.3 Å². The van der Waals surface area contributed by atoms with E-state index in [0.29, 0.717) is 12.0 Å². The zero-order chi connectivity index (χ0) is 11.5. The monoisotopic (exact) mass is 214 g/mol. The van der Waals surface area contributed by atoms with Gasteiger partial charge in [-0.2, -0.15) is 0 Å². The molecular weight excluding hydrogens is 196 g/mol. The first-order valence-electron chi connectivity index (χ1n) is 5.74. The lowest BCUT2D eigenvalue weighted by Gasteiger charge is -2.21. The maximum Gasteiger partial charge on any atom is 0.0362 e. The topological polar surface area (TPSA) is 24.9 Å². The van der Waals surface area contributed by atoms with Crippen LogP contribution in [-0.2, 0) is 0 Å². The summed E-state index contributed by atoms with van der Waals surface area (Å²) in [6.07, 6.45) is 3.90. The van der Waals surface area contributed by atoms with Crippen molar-refractivity contribution in [2.45, 2.75) is 19.9 Å². The van der Waals surface area contributed by atoms with Crippen LogP contribution < -0.4 is 5.32 Å². The van der Waals surface area contributed by atoms with Crippen LogP contribution in [0.2, 0.25) is 0 Å². The highest BCUT2D eigenvalue weighted by Gasteiger charge is 2.15. The highest BCUT2D eigenvalue weighted by atomic mass is 14.9. The van der Waals surface area contributed by atoms with Gasteiger partial charge in [-0.15, -0.1) is 0 Å². The molecule has 0 saturated heterocycles. The molecule has 1 N–H and O–H groups in total. The van der Waals surface area contributed by atoms with Crippen molar-refractivity contribution < 1.29 is 0 Å². The Morgan fingerprint density at radius 3 is 2.56 bits per heavy atom. The molecule has 16 heavy (non-hydrogen) atoms. The summed E-state index contributed by atoms with van der Waals surface area (Å²) in [4.78, 5) is 4.32. The van der Waals surface area contributed by atoms with E-state index in [1.807, 2.05) is 19.4 Å². The molecule has 0 aliphatic heterocycles. The van der Waals surface area contributed by atoms with Gasteiger partial charge < -0.3 is 5.32 Å². The molecule has 1 heterocycles. The summed E-state index contributed by atoms with van der Waals surface area (Å²) < 4.78 is 0. The summed E-state index contributed by atoms with van der Waals surface area (Å²) in [6, 6.07) is 8.77. The molecule has 1 atom stereocenters. The maximum absolute atomic E-state index is 4.32. The molecule has 2 nitrogen and oxygen atoms in total. The summed E-state index contributed by atoms with van der Waals surface area (Å²) in [7, 11) is 2.01. The van der Waals surface area contributed by atoms with Crippen molar-refractivity contribution in [2.24, 2.45) is 5.92 Å². The van der Waals surface area contributed by atoms with Gasteiger partial charge in [0.15, 0.2) is 0 Å². The first kappa shape index (κ1) is 11.1. The fourth-order valence-electron chi connectivity index (χ4n) is 2.24. The Bertz CT molecular complexity index is 472. The summed E-state index contributed by atoms with van der Waals surface area (Å²) in [5.74, 6) is 0.553. The molecule has 0 radical (unpaired) electrons. The van der Waals surface area contributed by atoms with Gasteiger partial charge in [-0.3, -0.25) is 4.98 Å². The largest absolute Gasteiger partial charge is 0.313 e. The Labute approximate surface area is 96.7 Å². The number of rotatable bonds is 3. The first-order valence-corrected chi connectivity index (χ1v) is 5.74. The standard InChI is InChI=1S/C14H18N2/c1-10(2)14(15-3)13-9-16-8-11-6-4-5-7-12(11)13/h4-10,14-15H,1-3H3. The van der Waals surface area contributed by atoms with E-state index in [2.05, 4.69) is 48.4 Å². The van der Waals surface area contributed by atoms with Crippen molar-refractivity contribution in [3.63, 3.8) is 0 Å². The fraction of sp³-hybridized carbons (Fsp3) is 0.357. The molecule has 0 aliphatic rings. The summed E-state index contributed by atoms with van der Waals surface area (Å²) >= 11 is 0. The third kappa shape index (κ3) is 1.93. The zero-order valence-electron chi connectivity index (χ0n) is 10.1. The Balaban J connectivity index is 2.59. The molecule has 2 aromatic rings. The van der Waals surface area contributed by atoms with Crippen LogP contribution in [0, 0.1) is 5.92 Å². The lowest BCUT2D eigenvalue weighted by Crippen LogP contribution is -2.22. The number of nitrogens with zero attached hydrogens (tertiary/aromatic N) is 1. The number of aromatic nitrogens is 1. The number of hydrogen-bond acceptors (Lipinski definition) is 2. The van der Waals surface area contributed by atoms with Gasteiger partial charge in [0.1, 0.15) is 0 Å². The van der Waals surface area contributed by atoms with E-state index >= 15 is 0 Å². The third-order valence-corrected chi connectivity index (χ3v) is 3.01. The first-order chi connectivity index (χ1) is 7.74. The Kier molecular flexibility index (Phi) is 3.20. The van der Waals surface area contributed by atoms with Crippen LogP contribution in [0.15, 0.2) is 36.7 Å². The molecule has 0 saturated carbocycles. The smallest absolute Gasteiger partial charge is 0.0362 e. The maximum atomic E-state index is 4.32. The quantitative estimate of drug-likeness (QED) is 0.849. The second kappa shape index (κ2) is 4.62. The van der Waals surface area contributed by atoms with Crippen LogP contribution in [0.25, 0.3) is 10.8 Å². The van der Waals surface area contributed by atoms with E-state index in [4.69, 9.17) is 0 Å². The van der Waals surface area contributed by atoms with Gasteiger partial charge in [0.25, 0.3) is 0 Å². The van der Waals surface area contributed by atoms with Crippen molar-refractivity contribution >= 4 is 10.8 Å². The van der Waals surface area contributed by atoms with Gasteiger partial charge in [0, 0.05) is 23.8 Å². The molecule has 1 aromatic heterocycles. The molecule has 84 valence electrons. The van der Waals surface area contributed by atoms with Crippen molar-refractivity contribution in [3.05, 3.63) is 42.2 Å². The van der Waals surface area contributed by atoms with E-state index in [1.165, 1.54) is 16.3 Å². The van der Waals surface area contributed by atoms with E-state index in [0.717, 1.165) is 0 Å². The number of fused-ring (bicyclic) bond motifs is 1. The summed E-state index contributed by atoms with van der Waals surface area (Å²) in [5, 5.41) is 5.88. The third-order valence-electron chi connectivity index (χ3n) is 3.01. The molecule has 0 spiro atoms. The van der Waals surface area contributed by atoms with Crippen molar-refractivity contribution in [2.75, 3.05) is 7.05 Å². The van der Waals surface area contributed by atoms with Gasteiger partial charge in [0.05, 0.1) is 0 Å². The number of pyridine rings is 1. The predicted octanol–water partition coefficient (Wildman–Crippen LogP) is 3.15. The lowest BCUT2D eigenvalue weighted by molar-refractivity contribution is 0.445. The minimum atomic E-state index is 0.360. The molecule has 0 fully saturated rings. The van der Waals surface area contributed by atoms with Crippen LogP contribution in [-0.4, -0.2) is 12.0 Å². The Hall–Kier alpha value is -1.41. The fourth-order valence-corrected chi connectivity index (χ4v) is 2.24. The van der Waals surface area contributed by atoms with Gasteiger partial charge in [-0.1, -0.05) is 38.1 Å². The average molecular weight is 214 g/mol. The van der Waals surface area contributed by atoms with Gasteiger partial charge in [-0.25, -0.2) is 0 Å². The zero-order valence-corrected chi connectivity index (χ0v) is 10.1. The van der Waals surface area contributed by atoms with Crippen LogP contribution in [0.4, 0.5) is 0 Å². The number of hydrogen-bond donors (Lipinski definition) is 1. The molecule has 0 bridgehead atoms. The highest BCUT2D eigenvalue weighted by Crippen LogP contribution is 2.27. The van der Waals surface area contributed by atoms with Crippen molar-refractivity contribution in [3.8, 4) is 0 Å². The molecule has 0 aliphatic carbocycles. The molecular formula is C14H18N2. The molecule has 2 rings (SSSR count). The van der Waals surface area contributed by atoms with Gasteiger partial charge in [-0.05, 0) is 23.9 Å². The van der Waals surface area contributed by atoms with Crippen LogP contribution >= 0.6 is 0 Å². The summed E-state index contributed by atoms with van der Waals surface area (Å²) in [5.41, 5.74) is 1.29. The molecule has 0 amide bonds. The normalized spacial score (nSPS) is 13.2. The second-order valence-corrected chi connectivity index (χ2v) is 4.46. The van der Waals surface area contributed by atoms with Crippen molar-refractivity contribution in [1.29, 1.82) is 0 Å². The van der Waals surface area contributed by atoms with Gasteiger partial charge >= 0.3 is 0 Å². The average Bonchev–Trinajstić information content (AvgIpc) is 2.30. The van der Waals surface area contributed by atoms with E-state index in [1.54, 1.807) is 0 Å². The highest BCUT2D eigenvalue weighted by molar-refractivity contribution is 5.85. The van der Waals surface area contributed by atoms with Crippen LogP contribution in [0.5, 0.6) is 0 Å². The van der Waals surface area contributed by atoms with E-state index in [-0.39, 0.29) is 0 Å². The van der Waals surface area contributed by atoms with E-state index in [9.17, 15) is 0 Å².